The number of fused-ring (bicyclic) bond motifs is 3. The molecule has 0 unspecified atom stereocenters. The van der Waals surface area contributed by atoms with Crippen molar-refractivity contribution in [2.24, 2.45) is 0 Å². The predicted octanol–water partition coefficient (Wildman–Crippen LogP) is 3.46. The fourth-order valence-electron chi connectivity index (χ4n) is 3.36. The summed E-state index contributed by atoms with van der Waals surface area (Å²) in [6, 6.07) is 0.117. The summed E-state index contributed by atoms with van der Waals surface area (Å²) in [5.41, 5.74) is 0.376. The van der Waals surface area contributed by atoms with Gasteiger partial charge in [-0.05, 0) is 64.4 Å². The van der Waals surface area contributed by atoms with Gasteiger partial charge >= 0.3 is 0 Å². The Morgan fingerprint density at radius 2 is 2.23 bits per heavy atom. The molecule has 2 aliphatic rings. The second-order valence-corrected chi connectivity index (χ2v) is 7.13. The molecular weight excluding hydrogens is 292 g/mol. The number of anilines is 1. The molecule has 0 spiro atoms. The van der Waals surface area contributed by atoms with Crippen molar-refractivity contribution >= 4 is 27.4 Å². The van der Waals surface area contributed by atoms with Crippen molar-refractivity contribution in [3.05, 3.63) is 16.8 Å². The second-order valence-electron chi connectivity index (χ2n) is 6.04. The van der Waals surface area contributed by atoms with Crippen LogP contribution in [0.25, 0.3) is 10.2 Å². The van der Waals surface area contributed by atoms with Gasteiger partial charge in [0.2, 0.25) is 0 Å². The van der Waals surface area contributed by atoms with Gasteiger partial charge in [-0.1, -0.05) is 0 Å². The lowest BCUT2D eigenvalue weighted by Crippen LogP contribution is -2.36. The van der Waals surface area contributed by atoms with E-state index in [-0.39, 0.29) is 18.5 Å². The zero-order valence-electron chi connectivity index (χ0n) is 19.5. The molecule has 1 saturated carbocycles. The highest BCUT2D eigenvalue weighted by Crippen LogP contribution is 2.39. The average molecular weight is 324 g/mol. The van der Waals surface area contributed by atoms with Crippen LogP contribution in [0.4, 0.5) is 5.82 Å². The molecule has 2 aromatic rings. The molecule has 0 amide bonds. The number of nitrogens with zero attached hydrogens (tertiary/aromatic N) is 3. The third-order valence-corrected chi connectivity index (χ3v) is 5.71. The molecule has 1 N–H and O–H groups in total. The van der Waals surface area contributed by atoms with E-state index in [2.05, 4.69) is 15.3 Å². The number of hydrogen-bond acceptors (Lipinski definition) is 5. The van der Waals surface area contributed by atoms with Crippen LogP contribution in [-0.2, 0) is 12.8 Å². The summed E-state index contributed by atoms with van der Waals surface area (Å²) < 4.78 is 55.7. The van der Waals surface area contributed by atoms with Gasteiger partial charge in [-0.2, -0.15) is 0 Å². The molecule has 1 fully saturated rings. The van der Waals surface area contributed by atoms with Gasteiger partial charge in [-0.3, -0.25) is 0 Å². The van der Waals surface area contributed by atoms with Crippen molar-refractivity contribution in [1.82, 2.24) is 14.9 Å². The van der Waals surface area contributed by atoms with Gasteiger partial charge in [0.15, 0.2) is 0 Å². The maximum atomic E-state index is 8.37. The Balaban J connectivity index is 1.57. The fourth-order valence-corrected chi connectivity index (χ4v) is 4.39. The molecule has 2 heterocycles. The Kier molecular flexibility index (Phi) is 2.26. The van der Waals surface area contributed by atoms with Gasteiger partial charge in [0.25, 0.3) is 0 Å². The van der Waals surface area contributed by atoms with Crippen molar-refractivity contribution in [2.75, 3.05) is 19.3 Å². The third-order valence-electron chi connectivity index (χ3n) is 4.61. The highest BCUT2D eigenvalue weighted by molar-refractivity contribution is 7.19. The summed E-state index contributed by atoms with van der Waals surface area (Å²) in [5, 5.41) is 3.99. The zero-order chi connectivity index (χ0) is 21.2. The van der Waals surface area contributed by atoms with E-state index >= 15 is 0 Å². The van der Waals surface area contributed by atoms with Crippen LogP contribution in [-0.4, -0.2) is 41.0 Å². The molecule has 5 heteroatoms. The summed E-state index contributed by atoms with van der Waals surface area (Å²) in [4.78, 5) is 11.5. The summed E-state index contributed by atoms with van der Waals surface area (Å²) in [5.74, 6) is 0.543. The molecule has 2 aliphatic carbocycles. The zero-order valence-corrected chi connectivity index (χ0v) is 13.3. The van der Waals surface area contributed by atoms with Crippen LogP contribution in [0.1, 0.15) is 52.1 Å². The predicted molar refractivity (Wildman–Crippen MR) is 92.8 cm³/mol. The Labute approximate surface area is 145 Å². The van der Waals surface area contributed by atoms with Gasteiger partial charge in [0.1, 0.15) is 17.0 Å². The van der Waals surface area contributed by atoms with E-state index in [0.717, 1.165) is 25.7 Å². The first-order valence-electron chi connectivity index (χ1n) is 11.2. The van der Waals surface area contributed by atoms with Crippen molar-refractivity contribution in [3.8, 4) is 0 Å². The van der Waals surface area contributed by atoms with Crippen molar-refractivity contribution in [2.45, 2.75) is 56.9 Å². The minimum absolute atomic E-state index is 0.0118. The number of aryl methyl sites for hydroxylation is 2. The molecule has 0 radical (unpaired) electrons. The van der Waals surface area contributed by atoms with Gasteiger partial charge < -0.3 is 10.2 Å². The minimum atomic E-state index is -2.10. The number of hydrogen-bond donors (Lipinski definition) is 1. The smallest absolute Gasteiger partial charge is 0.138 e. The quantitative estimate of drug-likeness (QED) is 0.939. The molecule has 4 nitrogen and oxygen atoms in total. The van der Waals surface area contributed by atoms with E-state index in [1.54, 1.807) is 7.05 Å². The van der Waals surface area contributed by atoms with Gasteiger partial charge in [-0.15, -0.1) is 11.3 Å². The van der Waals surface area contributed by atoms with E-state index in [1.165, 1.54) is 22.6 Å². The second kappa shape index (κ2) is 5.78. The highest BCUT2D eigenvalue weighted by atomic mass is 32.1. The number of thiophene rings is 1. The normalized spacial score (nSPS) is 34.7. The average Bonchev–Trinajstić information content (AvgIpc) is 3.06. The molecule has 118 valence electrons. The Bertz CT molecular complexity index is 918. The van der Waals surface area contributed by atoms with Gasteiger partial charge in [0, 0.05) is 26.6 Å². The molecule has 0 bridgehead atoms. The van der Waals surface area contributed by atoms with Crippen LogP contribution >= 0.6 is 11.3 Å². The Morgan fingerprint density at radius 3 is 3.05 bits per heavy atom. The standard InChI is InChI=1S/C17H24N4S/c1-21(2)12-8-6-11(7-9-12)20-16-15-13-4-3-5-14(13)22-17(15)19-10-18-16/h10-12H,3-9H2,1-2H3,(H,18,19,20)/t11-,12-/i1D3,3D2,4D2. The largest absolute Gasteiger partial charge is 0.367 e. The molecule has 0 aliphatic heterocycles. The fraction of sp³-hybridized carbons (Fsp3) is 0.647. The maximum absolute atomic E-state index is 8.37. The van der Waals surface area contributed by atoms with Crippen molar-refractivity contribution in [1.29, 1.82) is 0 Å². The van der Waals surface area contributed by atoms with Crippen LogP contribution in [0.15, 0.2) is 6.33 Å². The molecule has 22 heavy (non-hydrogen) atoms. The maximum Gasteiger partial charge on any atom is 0.138 e. The first-order valence-corrected chi connectivity index (χ1v) is 8.50. The number of aromatic nitrogens is 2. The molecular formula is C17H24N4S. The minimum Gasteiger partial charge on any atom is -0.367 e. The van der Waals surface area contributed by atoms with E-state index in [9.17, 15) is 0 Å². The van der Waals surface area contributed by atoms with E-state index in [0.29, 0.717) is 26.5 Å². The SMILES string of the molecule is [2H]C([2H])([2H])N(C)[C@H]1CC[C@H](Nc2ncnc3sc4c(c23)C([2H])([2H])C([2H])([2H])C4)CC1. The Hall–Kier alpha value is -1.20. The number of nitrogens with one attached hydrogen (secondary N) is 1. The molecule has 0 aromatic carbocycles. The van der Waals surface area contributed by atoms with Crippen molar-refractivity contribution in [3.63, 3.8) is 0 Å². The highest BCUT2D eigenvalue weighted by Gasteiger charge is 2.25. The summed E-state index contributed by atoms with van der Waals surface area (Å²) in [6.45, 7) is -2.09. The topological polar surface area (TPSA) is 41.0 Å². The molecule has 2 aromatic heterocycles. The summed E-state index contributed by atoms with van der Waals surface area (Å²) in [7, 11) is 1.64. The van der Waals surface area contributed by atoms with E-state index in [4.69, 9.17) is 9.60 Å². The number of rotatable bonds is 3. The first-order chi connectivity index (χ1) is 13.4. The Morgan fingerprint density at radius 1 is 1.36 bits per heavy atom. The molecule has 4 rings (SSSR count). The molecule has 0 saturated heterocycles. The van der Waals surface area contributed by atoms with Crippen LogP contribution in [0, 0.1) is 0 Å². The van der Waals surface area contributed by atoms with Crippen molar-refractivity contribution < 1.29 is 9.60 Å². The lowest BCUT2D eigenvalue weighted by Gasteiger charge is -2.33. The third kappa shape index (κ3) is 2.50. The monoisotopic (exact) mass is 323 g/mol. The lowest BCUT2D eigenvalue weighted by atomic mass is 9.90. The van der Waals surface area contributed by atoms with Crippen LogP contribution in [0.3, 0.4) is 0 Å². The lowest BCUT2D eigenvalue weighted by molar-refractivity contribution is 0.221. The first kappa shape index (κ1) is 8.60. The van der Waals surface area contributed by atoms with E-state index < -0.39 is 19.7 Å². The summed E-state index contributed by atoms with van der Waals surface area (Å²) >= 11 is 1.33. The van der Waals surface area contributed by atoms with Gasteiger partial charge in [-0.25, -0.2) is 9.97 Å². The summed E-state index contributed by atoms with van der Waals surface area (Å²) in [6.07, 6.45) is 0.539. The van der Waals surface area contributed by atoms with Crippen LogP contribution in [0.2, 0.25) is 0 Å². The van der Waals surface area contributed by atoms with E-state index in [1.807, 2.05) is 0 Å². The van der Waals surface area contributed by atoms with Gasteiger partial charge in [0.05, 0.1) is 5.39 Å². The van der Waals surface area contributed by atoms with Crippen LogP contribution in [0.5, 0.6) is 0 Å². The molecule has 0 atom stereocenters. The van der Waals surface area contributed by atoms with Crippen LogP contribution < -0.4 is 5.32 Å².